The lowest BCUT2D eigenvalue weighted by Crippen LogP contribution is -2.56. The highest BCUT2D eigenvalue weighted by Crippen LogP contribution is 2.62. The van der Waals surface area contributed by atoms with Crippen LogP contribution in [-0.4, -0.2) is 79.3 Å². The average Bonchev–Trinajstić information content (AvgIpc) is 3.36. The molecule has 1 spiro atoms. The van der Waals surface area contributed by atoms with E-state index in [9.17, 15) is 19.5 Å². The van der Waals surface area contributed by atoms with Crippen molar-refractivity contribution in [3.63, 3.8) is 0 Å². The number of nitrogens with zero attached hydrogens (tertiary/aromatic N) is 3. The monoisotopic (exact) mass is 597 g/mol. The summed E-state index contributed by atoms with van der Waals surface area (Å²) >= 11 is 1.61. The second-order valence-corrected chi connectivity index (χ2v) is 14.0. The first-order chi connectivity index (χ1) is 21.0. The van der Waals surface area contributed by atoms with Gasteiger partial charge < -0.3 is 19.8 Å². The number of rotatable bonds is 6. The highest BCUT2D eigenvalue weighted by Gasteiger charge is 2.72. The van der Waals surface area contributed by atoms with Crippen molar-refractivity contribution in [3.8, 4) is 0 Å². The molecule has 0 aromatic heterocycles. The van der Waals surface area contributed by atoms with Gasteiger partial charge in [0.2, 0.25) is 17.7 Å². The van der Waals surface area contributed by atoms with Crippen LogP contribution in [-0.2, 0) is 20.9 Å². The first kappa shape index (κ1) is 28.4. The minimum Gasteiger partial charge on any atom is -0.394 e. The lowest BCUT2D eigenvalue weighted by atomic mass is 9.78. The molecule has 1 unspecified atom stereocenters. The van der Waals surface area contributed by atoms with Gasteiger partial charge in [-0.05, 0) is 24.0 Å². The van der Waals surface area contributed by atoms with Gasteiger partial charge >= 0.3 is 0 Å². The highest BCUT2D eigenvalue weighted by molar-refractivity contribution is 8.02. The number of aliphatic hydroxyl groups excluding tert-OH is 1. The summed E-state index contributed by atoms with van der Waals surface area (Å²) in [6.45, 7) is 1.15. The molecule has 43 heavy (non-hydrogen) atoms. The first-order valence-electron chi connectivity index (χ1n) is 15.7. The number of benzene rings is 2. The summed E-state index contributed by atoms with van der Waals surface area (Å²) in [4.78, 5) is 49.6. The Morgan fingerprint density at radius 1 is 0.860 bits per heavy atom. The second-order valence-electron chi connectivity index (χ2n) is 12.5. The lowest BCUT2D eigenvalue weighted by Gasteiger charge is -2.41. The molecule has 5 aliphatic rings. The van der Waals surface area contributed by atoms with Crippen LogP contribution in [0.5, 0.6) is 0 Å². The maximum absolute atomic E-state index is 14.8. The molecule has 7 rings (SSSR count). The Hall–Kier alpha value is -3.36. The molecule has 224 valence electrons. The fourth-order valence-electron chi connectivity index (χ4n) is 8.18. The van der Waals surface area contributed by atoms with E-state index >= 15 is 0 Å². The van der Waals surface area contributed by atoms with Crippen LogP contribution in [0.1, 0.15) is 49.3 Å². The smallest absolute Gasteiger partial charge is 0.247 e. The van der Waals surface area contributed by atoms with E-state index in [1.54, 1.807) is 16.7 Å². The third-order valence-electron chi connectivity index (χ3n) is 10.1. The van der Waals surface area contributed by atoms with Gasteiger partial charge in [0.15, 0.2) is 0 Å². The van der Waals surface area contributed by atoms with Gasteiger partial charge in [0.05, 0.1) is 29.2 Å². The zero-order chi connectivity index (χ0) is 29.6. The summed E-state index contributed by atoms with van der Waals surface area (Å²) in [5.41, 5.74) is 1.83. The largest absolute Gasteiger partial charge is 0.394 e. The maximum atomic E-state index is 14.8. The maximum Gasteiger partial charge on any atom is 0.247 e. The van der Waals surface area contributed by atoms with Crippen molar-refractivity contribution in [3.05, 3.63) is 96.1 Å². The van der Waals surface area contributed by atoms with Gasteiger partial charge in [-0.2, -0.15) is 0 Å². The molecule has 4 aliphatic heterocycles. The number of carbonyl (C=O) groups excluding carboxylic acids is 3. The van der Waals surface area contributed by atoms with E-state index < -0.39 is 28.7 Å². The standard InChI is InChI=1S/C35H39N3O4S/c39-23-27(25-14-6-2-7-15-25)38-31-34(42)37(26-16-8-3-9-17-26)21-11-19-35(31)30(33(38)41)29-28(43-35)18-10-20-36(32(29)40)22-24-12-4-1-5-13-24/h1-2,4-7,10-15,18-19,26-31,39H,3,8-9,16-17,20-23H2/t27-,28+,29-,30+,31?,35+/m1/s1. The van der Waals surface area contributed by atoms with Crippen LogP contribution >= 0.6 is 11.8 Å². The van der Waals surface area contributed by atoms with Crippen molar-refractivity contribution in [2.24, 2.45) is 11.8 Å². The topological polar surface area (TPSA) is 81.2 Å². The van der Waals surface area contributed by atoms with Gasteiger partial charge in [-0.25, -0.2) is 0 Å². The molecule has 1 saturated carbocycles. The Morgan fingerprint density at radius 3 is 2.30 bits per heavy atom. The predicted octanol–water partition coefficient (Wildman–Crippen LogP) is 4.35. The number of aliphatic hydroxyl groups is 1. The van der Waals surface area contributed by atoms with E-state index in [4.69, 9.17) is 0 Å². The van der Waals surface area contributed by atoms with Crippen LogP contribution in [0, 0.1) is 11.8 Å². The second kappa shape index (κ2) is 11.6. The summed E-state index contributed by atoms with van der Waals surface area (Å²) in [5.74, 6) is -1.61. The number of amides is 3. The Balaban J connectivity index is 1.31. The van der Waals surface area contributed by atoms with Gasteiger partial charge in [-0.3, -0.25) is 14.4 Å². The Bertz CT molecular complexity index is 1430. The van der Waals surface area contributed by atoms with Crippen LogP contribution in [0.4, 0.5) is 0 Å². The molecule has 7 nitrogen and oxygen atoms in total. The Kier molecular flexibility index (Phi) is 7.68. The van der Waals surface area contributed by atoms with Crippen molar-refractivity contribution in [1.82, 2.24) is 14.7 Å². The first-order valence-corrected chi connectivity index (χ1v) is 16.5. The van der Waals surface area contributed by atoms with Crippen molar-refractivity contribution in [2.75, 3.05) is 19.7 Å². The molecule has 2 saturated heterocycles. The third-order valence-corrected chi connectivity index (χ3v) is 11.9. The molecular weight excluding hydrogens is 558 g/mol. The predicted molar refractivity (Wildman–Crippen MR) is 167 cm³/mol. The molecular formula is C35H39N3O4S. The van der Waals surface area contributed by atoms with E-state index in [2.05, 4.69) is 18.2 Å². The molecule has 2 aromatic carbocycles. The summed E-state index contributed by atoms with van der Waals surface area (Å²) in [6, 6.07) is 18.1. The minimum atomic E-state index is -0.898. The van der Waals surface area contributed by atoms with E-state index in [0.29, 0.717) is 19.6 Å². The van der Waals surface area contributed by atoms with Crippen molar-refractivity contribution in [2.45, 2.75) is 66.8 Å². The van der Waals surface area contributed by atoms with Gasteiger partial charge in [-0.1, -0.05) is 104 Å². The van der Waals surface area contributed by atoms with Crippen molar-refractivity contribution in [1.29, 1.82) is 0 Å². The minimum absolute atomic E-state index is 0.0447. The molecule has 2 aromatic rings. The van der Waals surface area contributed by atoms with Gasteiger partial charge in [0, 0.05) is 30.9 Å². The quantitative estimate of drug-likeness (QED) is 0.501. The van der Waals surface area contributed by atoms with E-state index in [0.717, 1.165) is 36.8 Å². The molecule has 4 heterocycles. The fraction of sp³-hybridized carbons (Fsp3) is 0.457. The van der Waals surface area contributed by atoms with E-state index in [1.165, 1.54) is 6.42 Å². The molecule has 3 fully saturated rings. The SMILES string of the molecule is O=C1[C@@H]2[C@H](C=CCN1Cc1ccccc1)S[C@]13C=CCN(C4CCCCC4)C(=O)C1N([C@H](CO)c1ccccc1)C(=O)[C@H]23. The molecule has 1 N–H and O–H groups in total. The van der Waals surface area contributed by atoms with Crippen LogP contribution < -0.4 is 0 Å². The van der Waals surface area contributed by atoms with Crippen LogP contribution in [0.25, 0.3) is 0 Å². The summed E-state index contributed by atoms with van der Waals surface area (Å²) in [6.07, 6.45) is 13.6. The molecule has 1 aliphatic carbocycles. The summed E-state index contributed by atoms with van der Waals surface area (Å²) in [7, 11) is 0. The van der Waals surface area contributed by atoms with E-state index in [1.807, 2.05) is 76.5 Å². The molecule has 3 amide bonds. The number of hydrogen-bond acceptors (Lipinski definition) is 5. The zero-order valence-electron chi connectivity index (χ0n) is 24.3. The van der Waals surface area contributed by atoms with Crippen LogP contribution in [0.2, 0.25) is 0 Å². The number of hydrogen-bond donors (Lipinski definition) is 1. The zero-order valence-corrected chi connectivity index (χ0v) is 25.1. The number of carbonyl (C=O) groups is 3. The lowest BCUT2D eigenvalue weighted by molar-refractivity contribution is -0.148. The van der Waals surface area contributed by atoms with Gasteiger partial charge in [0.1, 0.15) is 6.04 Å². The van der Waals surface area contributed by atoms with Crippen LogP contribution in [0.3, 0.4) is 0 Å². The van der Waals surface area contributed by atoms with E-state index in [-0.39, 0.29) is 35.6 Å². The van der Waals surface area contributed by atoms with Gasteiger partial charge in [-0.15, -0.1) is 11.8 Å². The Morgan fingerprint density at radius 2 is 1.58 bits per heavy atom. The highest BCUT2D eigenvalue weighted by atomic mass is 32.2. The van der Waals surface area contributed by atoms with Crippen LogP contribution in [0.15, 0.2) is 85.0 Å². The summed E-state index contributed by atoms with van der Waals surface area (Å²) in [5, 5.41) is 10.6. The van der Waals surface area contributed by atoms with Crippen molar-refractivity contribution >= 4 is 29.5 Å². The molecule has 0 radical (unpaired) electrons. The normalized spacial score (nSPS) is 31.5. The number of likely N-dealkylation sites (tertiary alicyclic amines) is 1. The molecule has 0 bridgehead atoms. The molecule has 8 heteroatoms. The van der Waals surface area contributed by atoms with Gasteiger partial charge in [0.25, 0.3) is 0 Å². The van der Waals surface area contributed by atoms with Crippen molar-refractivity contribution < 1.29 is 19.5 Å². The average molecular weight is 598 g/mol. The Labute approximate surface area is 257 Å². The fourth-order valence-corrected chi connectivity index (χ4v) is 10.2. The molecule has 6 atom stereocenters. The third kappa shape index (κ3) is 4.74. The summed E-state index contributed by atoms with van der Waals surface area (Å²) < 4.78 is -0.898. The number of thioether (sulfide) groups is 1. The number of fused-ring (bicyclic) bond motifs is 2.